The average molecular weight is 381 g/mol. The number of hydrogen-bond acceptors (Lipinski definition) is 6. The smallest absolute Gasteiger partial charge is 0.274 e. The molecule has 2 aliphatic rings. The molecule has 0 bridgehead atoms. The van der Waals surface area contributed by atoms with Gasteiger partial charge in [0.2, 0.25) is 0 Å². The number of aliphatic imine (C=N–C) groups is 1. The first kappa shape index (κ1) is 18.6. The second-order valence-corrected chi connectivity index (χ2v) is 7.35. The van der Waals surface area contributed by atoms with E-state index >= 15 is 0 Å². The van der Waals surface area contributed by atoms with Crippen LogP contribution in [0.5, 0.6) is 0 Å². The van der Waals surface area contributed by atoms with Crippen LogP contribution >= 0.6 is 0 Å². The van der Waals surface area contributed by atoms with Crippen LogP contribution in [0.15, 0.2) is 29.3 Å². The summed E-state index contributed by atoms with van der Waals surface area (Å²) in [6.45, 7) is 4.96. The summed E-state index contributed by atoms with van der Waals surface area (Å²) in [7, 11) is 0. The SMILES string of the molecule is CCN=C([O-])c1ccc(-n2nnc(C(=O)NC3CC3)c2CN2CCCC2)cc1. The molecule has 2 aromatic rings. The van der Waals surface area contributed by atoms with Crippen molar-refractivity contribution < 1.29 is 9.90 Å². The summed E-state index contributed by atoms with van der Waals surface area (Å²) in [6, 6.07) is 7.39. The van der Waals surface area contributed by atoms with Gasteiger partial charge in [0.05, 0.1) is 11.4 Å². The number of hydrogen-bond donors (Lipinski definition) is 1. The van der Waals surface area contributed by atoms with Crippen LogP contribution < -0.4 is 10.4 Å². The lowest BCUT2D eigenvalue weighted by Crippen LogP contribution is -2.29. The lowest BCUT2D eigenvalue weighted by Gasteiger charge is -2.17. The maximum absolute atomic E-state index is 12.6. The van der Waals surface area contributed by atoms with Crippen LogP contribution in [0.2, 0.25) is 0 Å². The molecule has 0 radical (unpaired) electrons. The summed E-state index contributed by atoms with van der Waals surface area (Å²) in [5.41, 5.74) is 2.50. The molecule has 2 fully saturated rings. The highest BCUT2D eigenvalue weighted by Gasteiger charge is 2.29. The standard InChI is InChI=1S/C20H26N6O2/c1-2-21-19(27)14-5-9-16(10-6-14)26-17(13-25-11-3-4-12-25)18(23-24-26)20(28)22-15-7-8-15/h5-6,9-10,15H,2-4,7-8,11-13H2,1H3,(H,21,27)(H,22,28)/p-1. The molecule has 0 atom stereocenters. The number of carbonyl (C=O) groups is 1. The molecule has 1 saturated carbocycles. The highest BCUT2D eigenvalue weighted by atomic mass is 16.3. The van der Waals surface area contributed by atoms with Crippen molar-refractivity contribution in [2.24, 2.45) is 4.99 Å². The van der Waals surface area contributed by atoms with Gasteiger partial charge in [0.25, 0.3) is 5.91 Å². The summed E-state index contributed by atoms with van der Waals surface area (Å²) in [5, 5.41) is 23.4. The molecule has 1 N–H and O–H groups in total. The molecule has 8 nitrogen and oxygen atoms in total. The lowest BCUT2D eigenvalue weighted by molar-refractivity contribution is -0.213. The number of nitrogens with zero attached hydrogens (tertiary/aromatic N) is 5. The average Bonchev–Trinajstić information content (AvgIpc) is 3.18. The third-order valence-electron chi connectivity index (χ3n) is 5.12. The molecule has 4 rings (SSSR count). The van der Waals surface area contributed by atoms with Crippen LogP contribution in [0.4, 0.5) is 0 Å². The Morgan fingerprint density at radius 2 is 1.96 bits per heavy atom. The second kappa shape index (κ2) is 8.10. The summed E-state index contributed by atoms with van der Waals surface area (Å²) >= 11 is 0. The number of carbonyl (C=O) groups excluding carboxylic acids is 1. The van der Waals surface area contributed by atoms with Gasteiger partial charge in [0.1, 0.15) is 0 Å². The number of likely N-dealkylation sites (tertiary alicyclic amines) is 1. The minimum atomic E-state index is -0.227. The Morgan fingerprint density at radius 3 is 2.61 bits per heavy atom. The summed E-state index contributed by atoms with van der Waals surface area (Å²) in [6.07, 6.45) is 4.39. The summed E-state index contributed by atoms with van der Waals surface area (Å²) in [5.74, 6) is -0.383. The van der Waals surface area contributed by atoms with Gasteiger partial charge in [0, 0.05) is 19.1 Å². The van der Waals surface area contributed by atoms with E-state index in [1.807, 2.05) is 19.1 Å². The van der Waals surface area contributed by atoms with Crippen LogP contribution in [0.25, 0.3) is 5.69 Å². The maximum Gasteiger partial charge on any atom is 0.274 e. The summed E-state index contributed by atoms with van der Waals surface area (Å²) < 4.78 is 1.71. The van der Waals surface area contributed by atoms with Crippen molar-refractivity contribution in [3.05, 3.63) is 41.2 Å². The Kier molecular flexibility index (Phi) is 5.38. The van der Waals surface area contributed by atoms with Crippen LogP contribution in [0, 0.1) is 0 Å². The first-order valence-electron chi connectivity index (χ1n) is 9.95. The fraction of sp³-hybridized carbons (Fsp3) is 0.500. The number of rotatable bonds is 7. The van der Waals surface area contributed by atoms with Crippen molar-refractivity contribution in [2.75, 3.05) is 19.6 Å². The van der Waals surface area contributed by atoms with Crippen molar-refractivity contribution in [2.45, 2.75) is 45.2 Å². The quantitative estimate of drug-likeness (QED) is 0.567. The van der Waals surface area contributed by atoms with Crippen molar-refractivity contribution in [3.63, 3.8) is 0 Å². The normalized spacial score (nSPS) is 17.8. The molecule has 28 heavy (non-hydrogen) atoms. The van der Waals surface area contributed by atoms with E-state index in [-0.39, 0.29) is 17.8 Å². The van der Waals surface area contributed by atoms with Gasteiger partial charge in [-0.3, -0.25) is 9.69 Å². The van der Waals surface area contributed by atoms with E-state index in [1.54, 1.807) is 16.8 Å². The monoisotopic (exact) mass is 381 g/mol. The number of amides is 1. The molecule has 2 heterocycles. The summed E-state index contributed by atoms with van der Waals surface area (Å²) in [4.78, 5) is 18.9. The predicted molar refractivity (Wildman–Crippen MR) is 103 cm³/mol. The minimum absolute atomic E-state index is 0.156. The van der Waals surface area contributed by atoms with Gasteiger partial charge in [-0.25, -0.2) is 4.68 Å². The van der Waals surface area contributed by atoms with Gasteiger partial charge in [-0.1, -0.05) is 17.3 Å². The van der Waals surface area contributed by atoms with E-state index < -0.39 is 0 Å². The predicted octanol–water partition coefficient (Wildman–Crippen LogP) is 0.882. The molecule has 1 aliphatic heterocycles. The molecule has 1 saturated heterocycles. The largest absolute Gasteiger partial charge is 0.858 e. The molecule has 8 heteroatoms. The Labute approximate surface area is 164 Å². The van der Waals surface area contributed by atoms with Crippen LogP contribution in [-0.4, -0.2) is 57.4 Å². The van der Waals surface area contributed by atoms with Crippen LogP contribution in [0.3, 0.4) is 0 Å². The number of benzene rings is 1. The third-order valence-corrected chi connectivity index (χ3v) is 5.12. The van der Waals surface area contributed by atoms with E-state index in [2.05, 4.69) is 25.5 Å². The van der Waals surface area contributed by atoms with E-state index in [9.17, 15) is 9.90 Å². The van der Waals surface area contributed by atoms with E-state index in [0.29, 0.717) is 24.3 Å². The Bertz CT molecular complexity index is 863. The van der Waals surface area contributed by atoms with E-state index in [1.165, 1.54) is 12.8 Å². The van der Waals surface area contributed by atoms with Crippen LogP contribution in [-0.2, 0) is 6.54 Å². The highest BCUT2D eigenvalue weighted by Crippen LogP contribution is 2.22. The van der Waals surface area contributed by atoms with Gasteiger partial charge in [-0.15, -0.1) is 5.10 Å². The maximum atomic E-state index is 12.6. The Hall–Kier alpha value is -2.74. The molecule has 0 unspecified atom stereocenters. The minimum Gasteiger partial charge on any atom is -0.858 e. The van der Waals surface area contributed by atoms with Gasteiger partial charge in [-0.2, -0.15) is 0 Å². The van der Waals surface area contributed by atoms with Crippen molar-refractivity contribution in [1.29, 1.82) is 0 Å². The highest BCUT2D eigenvalue weighted by molar-refractivity contribution is 5.94. The topological polar surface area (TPSA) is 98.5 Å². The fourth-order valence-electron chi connectivity index (χ4n) is 3.44. The number of nitrogens with one attached hydrogen (secondary N) is 1. The molecular weight excluding hydrogens is 356 g/mol. The van der Waals surface area contributed by atoms with Gasteiger partial charge in [0.15, 0.2) is 5.69 Å². The van der Waals surface area contributed by atoms with E-state index in [4.69, 9.17) is 0 Å². The molecular formula is C20H25N6O2-. The number of aromatic nitrogens is 3. The first-order valence-corrected chi connectivity index (χ1v) is 9.95. The van der Waals surface area contributed by atoms with E-state index in [0.717, 1.165) is 37.3 Å². The zero-order chi connectivity index (χ0) is 19.5. The third kappa shape index (κ3) is 4.06. The lowest BCUT2D eigenvalue weighted by atomic mass is 10.2. The van der Waals surface area contributed by atoms with Gasteiger partial charge < -0.3 is 15.4 Å². The van der Waals surface area contributed by atoms with Gasteiger partial charge >= 0.3 is 0 Å². The molecule has 0 spiro atoms. The molecule has 148 valence electrons. The first-order chi connectivity index (χ1) is 13.7. The molecule has 1 aromatic carbocycles. The van der Waals surface area contributed by atoms with Crippen molar-refractivity contribution in [1.82, 2.24) is 25.2 Å². The zero-order valence-electron chi connectivity index (χ0n) is 16.1. The molecule has 1 aliphatic carbocycles. The Balaban J connectivity index is 1.64. The molecule has 1 aromatic heterocycles. The zero-order valence-corrected chi connectivity index (χ0v) is 16.1. The Morgan fingerprint density at radius 1 is 1.25 bits per heavy atom. The van der Waals surface area contributed by atoms with Crippen LogP contribution in [0.1, 0.15) is 54.4 Å². The van der Waals surface area contributed by atoms with Gasteiger partial charge in [-0.05, 0) is 69.3 Å². The molecule has 1 amide bonds. The second-order valence-electron chi connectivity index (χ2n) is 7.35. The van der Waals surface area contributed by atoms with Crippen molar-refractivity contribution >= 4 is 11.8 Å². The fourth-order valence-corrected chi connectivity index (χ4v) is 3.44. The van der Waals surface area contributed by atoms with Crippen molar-refractivity contribution in [3.8, 4) is 5.69 Å².